The molecule has 0 saturated heterocycles. The maximum absolute atomic E-state index is 4.22. The number of fused-ring (bicyclic) bond motifs is 1. The Morgan fingerprint density at radius 3 is 2.71 bits per heavy atom. The molecule has 1 heterocycles. The number of hydrogen-bond acceptors (Lipinski definition) is 0. The molecular weight excluding hydrogens is 206 g/mol. The molecule has 0 bridgehead atoms. The van der Waals surface area contributed by atoms with E-state index in [9.17, 15) is 0 Å². The van der Waals surface area contributed by atoms with Crippen LogP contribution >= 0.6 is 0 Å². The van der Waals surface area contributed by atoms with Crippen LogP contribution in [0.5, 0.6) is 0 Å². The topological polar surface area (TPSA) is 4.93 Å². The van der Waals surface area contributed by atoms with Crippen LogP contribution in [0.4, 0.5) is 0 Å². The van der Waals surface area contributed by atoms with Crippen molar-refractivity contribution in [3.63, 3.8) is 0 Å². The number of rotatable bonds is 5. The van der Waals surface area contributed by atoms with E-state index in [2.05, 4.69) is 55.5 Å². The average Bonchev–Trinajstić information content (AvgIpc) is 2.75. The molecule has 0 amide bonds. The molecule has 0 radical (unpaired) electrons. The second kappa shape index (κ2) is 5.22. The zero-order chi connectivity index (χ0) is 12.3. The van der Waals surface area contributed by atoms with Crippen molar-refractivity contribution in [2.75, 3.05) is 0 Å². The Morgan fingerprint density at radius 2 is 2.00 bits per heavy atom. The third-order valence-electron chi connectivity index (χ3n) is 3.33. The van der Waals surface area contributed by atoms with Gasteiger partial charge in [0.05, 0.1) is 5.52 Å². The zero-order valence-corrected chi connectivity index (χ0v) is 10.9. The van der Waals surface area contributed by atoms with Crippen molar-refractivity contribution in [2.45, 2.75) is 39.5 Å². The number of unbranched alkanes of at least 4 members (excludes halogenated alkanes) is 1. The number of hydrogen-bond donors (Lipinski definition) is 0. The molecule has 0 saturated carbocycles. The fourth-order valence-electron chi connectivity index (χ4n) is 2.29. The summed E-state index contributed by atoms with van der Waals surface area (Å²) in [7, 11) is 0. The first kappa shape index (κ1) is 12.0. The third kappa shape index (κ3) is 2.28. The molecule has 2 aromatic rings. The minimum absolute atomic E-state index is 1.08. The number of nitrogens with zero attached hydrogens (tertiary/aromatic N) is 1. The highest BCUT2D eigenvalue weighted by molar-refractivity contribution is 5.86. The van der Waals surface area contributed by atoms with Crippen molar-refractivity contribution in [1.82, 2.24) is 4.57 Å². The van der Waals surface area contributed by atoms with Crippen molar-refractivity contribution >= 4 is 16.6 Å². The molecule has 0 unspecified atom stereocenters. The minimum atomic E-state index is 1.08. The molecule has 0 aliphatic carbocycles. The lowest BCUT2D eigenvalue weighted by atomic mass is 10.1. The predicted octanol–water partition coefficient (Wildman–Crippen LogP) is 4.86. The van der Waals surface area contributed by atoms with Crippen molar-refractivity contribution in [3.8, 4) is 0 Å². The highest BCUT2D eigenvalue weighted by atomic mass is 15.0. The fourth-order valence-corrected chi connectivity index (χ4v) is 2.29. The summed E-state index contributed by atoms with van der Waals surface area (Å²) in [5.74, 6) is 0. The van der Waals surface area contributed by atoms with Crippen LogP contribution in [-0.2, 0) is 6.42 Å². The van der Waals surface area contributed by atoms with Crippen LogP contribution in [0.3, 0.4) is 0 Å². The van der Waals surface area contributed by atoms with Crippen LogP contribution in [0.1, 0.15) is 38.7 Å². The molecule has 1 nitrogen and oxygen atoms in total. The molecule has 0 atom stereocenters. The Kier molecular flexibility index (Phi) is 3.68. The lowest BCUT2D eigenvalue weighted by Crippen LogP contribution is -1.93. The van der Waals surface area contributed by atoms with Gasteiger partial charge in [-0.2, -0.15) is 0 Å². The van der Waals surface area contributed by atoms with E-state index in [1.54, 1.807) is 0 Å². The van der Waals surface area contributed by atoms with Gasteiger partial charge in [-0.1, -0.05) is 45.0 Å². The Hall–Kier alpha value is -1.50. The van der Waals surface area contributed by atoms with E-state index in [1.165, 1.54) is 35.0 Å². The van der Waals surface area contributed by atoms with Crippen LogP contribution in [0.25, 0.3) is 16.6 Å². The molecule has 1 heteroatoms. The standard InChI is InChI=1S/C16H21N/c1-4-6-9-13(3)17-12-14(5-2)15-10-7-8-11-16(15)17/h7-8,10-12H,3-6,9H2,1-2H3. The number of allylic oxidation sites excluding steroid dienone is 1. The molecule has 0 aliphatic rings. The minimum Gasteiger partial charge on any atom is -0.321 e. The maximum atomic E-state index is 4.22. The largest absolute Gasteiger partial charge is 0.321 e. The van der Waals surface area contributed by atoms with Gasteiger partial charge in [-0.3, -0.25) is 0 Å². The lowest BCUT2D eigenvalue weighted by molar-refractivity contribution is 0.803. The van der Waals surface area contributed by atoms with Gasteiger partial charge in [0.2, 0.25) is 0 Å². The molecular formula is C16H21N. The van der Waals surface area contributed by atoms with Crippen molar-refractivity contribution < 1.29 is 0 Å². The Morgan fingerprint density at radius 1 is 1.24 bits per heavy atom. The normalized spacial score (nSPS) is 10.9. The third-order valence-corrected chi connectivity index (χ3v) is 3.33. The SMILES string of the molecule is C=C(CCCC)n1cc(CC)c2ccccc21. The molecule has 1 aromatic carbocycles. The summed E-state index contributed by atoms with van der Waals surface area (Å²) in [6.45, 7) is 8.65. The number of aryl methyl sites for hydroxylation is 1. The van der Waals surface area contributed by atoms with Crippen LogP contribution < -0.4 is 0 Å². The highest BCUT2D eigenvalue weighted by Crippen LogP contribution is 2.25. The lowest BCUT2D eigenvalue weighted by Gasteiger charge is -2.08. The summed E-state index contributed by atoms with van der Waals surface area (Å²) >= 11 is 0. The Labute approximate surface area is 104 Å². The molecule has 17 heavy (non-hydrogen) atoms. The van der Waals surface area contributed by atoms with Gasteiger partial charge in [-0.15, -0.1) is 0 Å². The predicted molar refractivity (Wildman–Crippen MR) is 76.2 cm³/mol. The first-order valence-electron chi connectivity index (χ1n) is 6.55. The van der Waals surface area contributed by atoms with E-state index >= 15 is 0 Å². The van der Waals surface area contributed by atoms with E-state index in [4.69, 9.17) is 0 Å². The highest BCUT2D eigenvalue weighted by Gasteiger charge is 2.08. The summed E-state index contributed by atoms with van der Waals surface area (Å²) in [5, 5.41) is 1.37. The second-order valence-electron chi connectivity index (χ2n) is 4.56. The van der Waals surface area contributed by atoms with Gasteiger partial charge in [-0.05, 0) is 30.9 Å². The molecule has 0 spiro atoms. The van der Waals surface area contributed by atoms with Crippen molar-refractivity contribution in [3.05, 3.63) is 42.6 Å². The molecule has 1 aromatic heterocycles. The van der Waals surface area contributed by atoms with Gasteiger partial charge in [0.1, 0.15) is 0 Å². The molecule has 0 fully saturated rings. The van der Waals surface area contributed by atoms with Gasteiger partial charge in [0, 0.05) is 17.3 Å². The maximum Gasteiger partial charge on any atom is 0.0527 e. The van der Waals surface area contributed by atoms with E-state index in [0.717, 1.165) is 12.8 Å². The molecule has 0 aliphatic heterocycles. The van der Waals surface area contributed by atoms with Crippen LogP contribution in [0.15, 0.2) is 37.0 Å². The van der Waals surface area contributed by atoms with Crippen molar-refractivity contribution in [2.24, 2.45) is 0 Å². The summed E-state index contributed by atoms with van der Waals surface area (Å²) in [6.07, 6.45) is 6.85. The molecule has 90 valence electrons. The molecule has 2 rings (SSSR count). The van der Waals surface area contributed by atoms with Gasteiger partial charge >= 0.3 is 0 Å². The Bertz CT molecular complexity index is 519. The number of benzene rings is 1. The zero-order valence-electron chi connectivity index (χ0n) is 10.9. The molecule has 0 N–H and O–H groups in total. The van der Waals surface area contributed by atoms with Gasteiger partial charge in [-0.25, -0.2) is 0 Å². The van der Waals surface area contributed by atoms with Crippen molar-refractivity contribution in [1.29, 1.82) is 0 Å². The van der Waals surface area contributed by atoms with Gasteiger partial charge in [0.15, 0.2) is 0 Å². The summed E-state index contributed by atoms with van der Waals surface area (Å²) in [6, 6.07) is 8.61. The number of para-hydroxylation sites is 1. The van der Waals surface area contributed by atoms with Crippen LogP contribution in [0.2, 0.25) is 0 Å². The number of aromatic nitrogens is 1. The van der Waals surface area contributed by atoms with Gasteiger partial charge in [0.25, 0.3) is 0 Å². The van der Waals surface area contributed by atoms with Crippen LogP contribution in [-0.4, -0.2) is 4.57 Å². The monoisotopic (exact) mass is 227 g/mol. The average molecular weight is 227 g/mol. The first-order chi connectivity index (χ1) is 8.27. The van der Waals surface area contributed by atoms with Gasteiger partial charge < -0.3 is 4.57 Å². The Balaban J connectivity index is 2.43. The fraction of sp³-hybridized carbons (Fsp3) is 0.375. The first-order valence-corrected chi connectivity index (χ1v) is 6.55. The summed E-state index contributed by atoms with van der Waals surface area (Å²) in [4.78, 5) is 0. The second-order valence-corrected chi connectivity index (χ2v) is 4.56. The smallest absolute Gasteiger partial charge is 0.0527 e. The quantitative estimate of drug-likeness (QED) is 0.687. The van der Waals surface area contributed by atoms with E-state index in [1.807, 2.05) is 0 Å². The summed E-state index contributed by atoms with van der Waals surface area (Å²) < 4.78 is 2.27. The summed E-state index contributed by atoms with van der Waals surface area (Å²) in [5.41, 5.74) is 3.92. The van der Waals surface area contributed by atoms with E-state index in [0.29, 0.717) is 0 Å². The van der Waals surface area contributed by atoms with E-state index in [-0.39, 0.29) is 0 Å². The van der Waals surface area contributed by atoms with E-state index < -0.39 is 0 Å². The van der Waals surface area contributed by atoms with Crippen LogP contribution in [0, 0.1) is 0 Å².